The van der Waals surface area contributed by atoms with Crippen LogP contribution in [-0.4, -0.2) is 87.5 Å². The average Bonchev–Trinajstić information content (AvgIpc) is 3.39. The fraction of sp³-hybridized carbons (Fsp3) is 0.891. The van der Waals surface area contributed by atoms with Gasteiger partial charge in [0.25, 0.3) is 0 Å². The molecule has 1 saturated heterocycles. The highest BCUT2D eigenvalue weighted by atomic mass is 16.7. The van der Waals surface area contributed by atoms with Crippen molar-refractivity contribution >= 4 is 5.91 Å². The summed E-state index contributed by atoms with van der Waals surface area (Å²) in [5.74, 6) is -0.183. The van der Waals surface area contributed by atoms with Gasteiger partial charge in [-0.2, -0.15) is 0 Å². The summed E-state index contributed by atoms with van der Waals surface area (Å²) < 4.78 is 11.3. The van der Waals surface area contributed by atoms with Gasteiger partial charge < -0.3 is 40.3 Å². The smallest absolute Gasteiger partial charge is 0.220 e. The molecule has 0 aromatic rings. The molecule has 7 unspecified atom stereocenters. The molecule has 1 amide bonds. The maximum absolute atomic E-state index is 13.1. The Balaban J connectivity index is 2.20. The molecule has 6 N–H and O–H groups in total. The van der Waals surface area contributed by atoms with E-state index in [9.17, 15) is 30.3 Å². The van der Waals surface area contributed by atoms with Crippen LogP contribution in [0, 0.1) is 0 Å². The van der Waals surface area contributed by atoms with Gasteiger partial charge in [0.2, 0.25) is 5.91 Å². The number of allylic oxidation sites excluding steroid dienone is 5. The molecule has 73 heavy (non-hydrogen) atoms. The van der Waals surface area contributed by atoms with Crippen molar-refractivity contribution in [2.75, 3.05) is 13.2 Å². The Morgan fingerprint density at radius 1 is 0.452 bits per heavy atom. The molecule has 1 aliphatic heterocycles. The largest absolute Gasteiger partial charge is 0.394 e. The van der Waals surface area contributed by atoms with Crippen LogP contribution < -0.4 is 5.32 Å². The van der Waals surface area contributed by atoms with E-state index in [1.807, 2.05) is 6.08 Å². The van der Waals surface area contributed by atoms with Crippen molar-refractivity contribution < 1.29 is 39.8 Å². The van der Waals surface area contributed by atoms with Crippen molar-refractivity contribution in [3.8, 4) is 0 Å². The van der Waals surface area contributed by atoms with Crippen molar-refractivity contribution in [3.63, 3.8) is 0 Å². The van der Waals surface area contributed by atoms with E-state index in [0.717, 1.165) is 38.5 Å². The third-order valence-corrected chi connectivity index (χ3v) is 15.2. The minimum atomic E-state index is -1.57. The molecule has 1 rings (SSSR count). The van der Waals surface area contributed by atoms with Crippen LogP contribution in [-0.2, 0) is 14.3 Å². The maximum Gasteiger partial charge on any atom is 0.220 e. The summed E-state index contributed by atoms with van der Waals surface area (Å²) >= 11 is 0. The van der Waals surface area contributed by atoms with E-state index in [2.05, 4.69) is 43.5 Å². The third kappa shape index (κ3) is 43.1. The van der Waals surface area contributed by atoms with Crippen LogP contribution in [0.2, 0.25) is 0 Å². The summed E-state index contributed by atoms with van der Waals surface area (Å²) in [5, 5.41) is 54.6. The number of aliphatic hydroxyl groups excluding tert-OH is 5. The highest BCUT2D eigenvalue weighted by Gasteiger charge is 2.44. The van der Waals surface area contributed by atoms with Gasteiger partial charge in [-0.05, 0) is 57.8 Å². The quantitative estimate of drug-likeness (QED) is 0.0261. The summed E-state index contributed by atoms with van der Waals surface area (Å²) in [4.78, 5) is 13.1. The monoisotopic (exact) mass is 1030 g/mol. The average molecular weight is 1030 g/mol. The number of carbonyl (C=O) groups excluding carboxylic acids is 1. The van der Waals surface area contributed by atoms with Crippen molar-refractivity contribution in [1.29, 1.82) is 0 Å². The Hall–Kier alpha value is -1.59. The van der Waals surface area contributed by atoms with Crippen LogP contribution in [0.3, 0.4) is 0 Å². The molecule has 0 radical (unpaired) electrons. The highest BCUT2D eigenvalue weighted by Crippen LogP contribution is 2.23. The Morgan fingerprint density at radius 3 is 1.15 bits per heavy atom. The number of ether oxygens (including phenoxy) is 2. The van der Waals surface area contributed by atoms with Crippen molar-refractivity contribution in [1.82, 2.24) is 5.32 Å². The standard InChI is InChI=1S/C64H121NO8/c1-3-5-7-9-11-13-15-17-19-21-23-25-27-28-29-30-32-34-36-38-40-42-44-46-48-50-52-54-60(68)65-57(56-72-64-63(71)62(70)61(69)59(55-66)73-64)58(67)53-51-49-47-45-43-41-39-37-35-33-31-26-24-22-20-18-16-14-12-10-8-6-4-2/h28-29,43,45,51,53,57-59,61-64,66-67,69-71H,3-27,30-42,44,46-50,52,54-56H2,1-2H3,(H,65,68)/b29-28-,45-43+,53-51+. The SMILES string of the molecule is CCCCCCCCCCCCCC/C=C\CCCCCCCCCCCCCC(=O)NC(COC1OC(CO)C(O)C(O)C1O)C(O)/C=C/CC/C=C/CCCCCCCCCCCCCCCCCCC. The molecule has 0 aromatic heterocycles. The summed E-state index contributed by atoms with van der Waals surface area (Å²) in [5.41, 5.74) is 0. The molecule has 7 atom stereocenters. The lowest BCUT2D eigenvalue weighted by atomic mass is 9.99. The number of hydrogen-bond acceptors (Lipinski definition) is 8. The lowest BCUT2D eigenvalue weighted by molar-refractivity contribution is -0.302. The van der Waals surface area contributed by atoms with E-state index in [4.69, 9.17) is 9.47 Å². The molecule has 0 saturated carbocycles. The van der Waals surface area contributed by atoms with E-state index in [1.165, 1.54) is 250 Å². The van der Waals surface area contributed by atoms with Gasteiger partial charge in [-0.25, -0.2) is 0 Å². The number of aliphatic hydroxyl groups is 5. The normalized spacial score (nSPS) is 19.2. The Kier molecular flexibility index (Phi) is 51.2. The van der Waals surface area contributed by atoms with Crippen LogP contribution in [0.15, 0.2) is 36.5 Å². The first-order chi connectivity index (χ1) is 35.8. The number of carbonyl (C=O) groups is 1. The summed E-state index contributed by atoms with van der Waals surface area (Å²) in [7, 11) is 0. The van der Waals surface area contributed by atoms with Crippen molar-refractivity contribution in [3.05, 3.63) is 36.5 Å². The minimum absolute atomic E-state index is 0.183. The topological polar surface area (TPSA) is 149 Å². The number of rotatable bonds is 55. The minimum Gasteiger partial charge on any atom is -0.394 e. The zero-order valence-electron chi connectivity index (χ0n) is 47.9. The van der Waals surface area contributed by atoms with Gasteiger partial charge in [0.1, 0.15) is 24.4 Å². The Morgan fingerprint density at radius 2 is 0.781 bits per heavy atom. The number of hydrogen-bond donors (Lipinski definition) is 6. The first-order valence-electron chi connectivity index (χ1n) is 31.7. The molecule has 1 heterocycles. The van der Waals surface area contributed by atoms with Gasteiger partial charge in [0.15, 0.2) is 6.29 Å². The Bertz CT molecular complexity index is 1240. The third-order valence-electron chi connectivity index (χ3n) is 15.2. The molecule has 0 aromatic carbocycles. The fourth-order valence-corrected chi connectivity index (χ4v) is 10.2. The number of amides is 1. The molecule has 0 bridgehead atoms. The van der Waals surface area contributed by atoms with E-state index >= 15 is 0 Å². The zero-order valence-corrected chi connectivity index (χ0v) is 47.9. The lowest BCUT2D eigenvalue weighted by Crippen LogP contribution is -2.60. The molecule has 0 spiro atoms. The first kappa shape index (κ1) is 69.4. The van der Waals surface area contributed by atoms with Gasteiger partial charge in [0.05, 0.1) is 25.4 Å². The van der Waals surface area contributed by atoms with Gasteiger partial charge in [-0.1, -0.05) is 281 Å². The van der Waals surface area contributed by atoms with Gasteiger partial charge in [-0.3, -0.25) is 4.79 Å². The van der Waals surface area contributed by atoms with Gasteiger partial charge >= 0.3 is 0 Å². The summed E-state index contributed by atoms with van der Waals surface area (Å²) in [6.45, 7) is 3.81. The van der Waals surface area contributed by atoms with Crippen LogP contribution in [0.4, 0.5) is 0 Å². The van der Waals surface area contributed by atoms with E-state index < -0.39 is 49.5 Å². The summed E-state index contributed by atoms with van der Waals surface area (Å²) in [6.07, 6.45) is 63.7. The second-order valence-electron chi connectivity index (χ2n) is 22.2. The van der Waals surface area contributed by atoms with Crippen LogP contribution in [0.25, 0.3) is 0 Å². The maximum atomic E-state index is 13.1. The molecule has 0 aliphatic carbocycles. The van der Waals surface area contributed by atoms with E-state index in [-0.39, 0.29) is 12.5 Å². The molecule has 9 heteroatoms. The zero-order chi connectivity index (χ0) is 52.9. The number of unbranched alkanes of at least 4 members (excludes halogenated alkanes) is 41. The number of nitrogens with one attached hydrogen (secondary N) is 1. The van der Waals surface area contributed by atoms with Crippen LogP contribution in [0.5, 0.6) is 0 Å². The predicted molar refractivity (Wildman–Crippen MR) is 309 cm³/mol. The lowest BCUT2D eigenvalue weighted by Gasteiger charge is -2.40. The van der Waals surface area contributed by atoms with E-state index in [1.54, 1.807) is 6.08 Å². The Labute approximate surface area is 451 Å². The molecule has 1 fully saturated rings. The highest BCUT2D eigenvalue weighted by molar-refractivity contribution is 5.76. The molecule has 9 nitrogen and oxygen atoms in total. The van der Waals surface area contributed by atoms with Gasteiger partial charge in [0, 0.05) is 6.42 Å². The van der Waals surface area contributed by atoms with Crippen LogP contribution in [0.1, 0.15) is 309 Å². The predicted octanol–water partition coefficient (Wildman–Crippen LogP) is 16.3. The second kappa shape index (κ2) is 53.8. The molecule has 1 aliphatic rings. The summed E-state index contributed by atoms with van der Waals surface area (Å²) in [6, 6.07) is -0.822. The molecular weight excluding hydrogens is 911 g/mol. The first-order valence-corrected chi connectivity index (χ1v) is 31.7. The van der Waals surface area contributed by atoms with Crippen molar-refractivity contribution in [2.45, 2.75) is 352 Å². The second-order valence-corrected chi connectivity index (χ2v) is 22.2. The van der Waals surface area contributed by atoms with Crippen LogP contribution >= 0.6 is 0 Å². The van der Waals surface area contributed by atoms with Gasteiger partial charge in [-0.15, -0.1) is 0 Å². The molecule has 430 valence electrons. The van der Waals surface area contributed by atoms with Crippen molar-refractivity contribution in [2.24, 2.45) is 0 Å². The molecular formula is C64H121NO8. The fourth-order valence-electron chi connectivity index (χ4n) is 10.2. The van der Waals surface area contributed by atoms with E-state index in [0.29, 0.717) is 6.42 Å².